The Morgan fingerprint density at radius 1 is 1.12 bits per heavy atom. The molecular formula is C14H18Cl2O. The average Bonchev–Trinajstić information content (AvgIpc) is 2.33. The van der Waals surface area contributed by atoms with Crippen molar-refractivity contribution in [2.75, 3.05) is 0 Å². The van der Waals surface area contributed by atoms with E-state index in [9.17, 15) is 5.11 Å². The van der Waals surface area contributed by atoms with Crippen molar-refractivity contribution in [2.45, 2.75) is 45.1 Å². The molecule has 0 aromatic heterocycles. The summed E-state index contributed by atoms with van der Waals surface area (Å²) in [4.78, 5) is 0. The van der Waals surface area contributed by atoms with Crippen LogP contribution in [0.5, 0.6) is 0 Å². The molecule has 3 heteroatoms. The molecule has 0 aliphatic heterocycles. The van der Waals surface area contributed by atoms with E-state index in [2.05, 4.69) is 6.92 Å². The van der Waals surface area contributed by atoms with Gasteiger partial charge in [0.2, 0.25) is 0 Å². The fraction of sp³-hybridized carbons (Fsp3) is 0.571. The van der Waals surface area contributed by atoms with Gasteiger partial charge in [-0.15, -0.1) is 0 Å². The number of hydrogen-bond donors (Lipinski definition) is 1. The van der Waals surface area contributed by atoms with E-state index < -0.39 is 6.10 Å². The molecule has 0 radical (unpaired) electrons. The van der Waals surface area contributed by atoms with E-state index >= 15 is 0 Å². The number of aliphatic hydroxyl groups excluding tert-OH is 1. The number of hydrogen-bond acceptors (Lipinski definition) is 1. The van der Waals surface area contributed by atoms with Crippen molar-refractivity contribution in [1.29, 1.82) is 0 Å². The van der Waals surface area contributed by atoms with Crippen LogP contribution < -0.4 is 0 Å². The quantitative estimate of drug-likeness (QED) is 0.804. The minimum atomic E-state index is -0.447. The zero-order valence-corrected chi connectivity index (χ0v) is 11.6. The molecule has 1 aromatic carbocycles. The number of aliphatic hydroxyl groups is 1. The molecule has 0 spiro atoms. The molecule has 1 nitrogen and oxygen atoms in total. The van der Waals surface area contributed by atoms with E-state index in [0.29, 0.717) is 10.0 Å². The van der Waals surface area contributed by atoms with E-state index in [-0.39, 0.29) is 5.41 Å². The van der Waals surface area contributed by atoms with Crippen LogP contribution in [-0.2, 0) is 0 Å². The Bertz CT molecular complexity index is 397. The predicted molar refractivity (Wildman–Crippen MR) is 72.6 cm³/mol. The summed E-state index contributed by atoms with van der Waals surface area (Å²) in [5.41, 5.74) is 0.860. The summed E-state index contributed by atoms with van der Waals surface area (Å²) in [6, 6.07) is 5.42. The third-order valence-corrected chi connectivity index (χ3v) is 4.65. The standard InChI is InChI=1S/C14H18Cl2O/c1-14(7-3-2-4-8-14)13(17)10-5-6-11(15)12(16)9-10/h5-6,9,13,17H,2-4,7-8H2,1H3. The van der Waals surface area contributed by atoms with E-state index in [1.165, 1.54) is 19.3 Å². The first-order valence-electron chi connectivity index (χ1n) is 6.16. The molecule has 0 amide bonds. The normalized spacial score (nSPS) is 21.2. The predicted octanol–water partition coefficient (Wildman–Crippen LogP) is 5.00. The van der Waals surface area contributed by atoms with Crippen molar-refractivity contribution in [3.63, 3.8) is 0 Å². The lowest BCUT2D eigenvalue weighted by atomic mass is 9.70. The van der Waals surface area contributed by atoms with E-state index in [4.69, 9.17) is 23.2 Å². The van der Waals surface area contributed by atoms with Crippen molar-refractivity contribution in [3.05, 3.63) is 33.8 Å². The van der Waals surface area contributed by atoms with Gasteiger partial charge in [-0.1, -0.05) is 55.5 Å². The van der Waals surface area contributed by atoms with Crippen LogP contribution in [0, 0.1) is 5.41 Å². The molecule has 1 fully saturated rings. The Morgan fingerprint density at radius 2 is 1.76 bits per heavy atom. The maximum Gasteiger partial charge on any atom is 0.0844 e. The van der Waals surface area contributed by atoms with Gasteiger partial charge < -0.3 is 5.11 Å². The SMILES string of the molecule is CC1(C(O)c2ccc(Cl)c(Cl)c2)CCCCC1. The molecule has 1 aliphatic rings. The minimum Gasteiger partial charge on any atom is -0.388 e. The molecule has 1 saturated carbocycles. The molecular weight excluding hydrogens is 255 g/mol. The van der Waals surface area contributed by atoms with E-state index in [1.807, 2.05) is 6.07 Å². The lowest BCUT2D eigenvalue weighted by molar-refractivity contribution is 0.00820. The Balaban J connectivity index is 2.23. The molecule has 0 heterocycles. The summed E-state index contributed by atoms with van der Waals surface area (Å²) in [6.45, 7) is 2.17. The van der Waals surface area contributed by atoms with Crippen LogP contribution in [0.15, 0.2) is 18.2 Å². The largest absolute Gasteiger partial charge is 0.388 e. The highest BCUT2D eigenvalue weighted by molar-refractivity contribution is 6.42. The van der Waals surface area contributed by atoms with Crippen molar-refractivity contribution in [3.8, 4) is 0 Å². The van der Waals surface area contributed by atoms with Crippen LogP contribution in [0.25, 0.3) is 0 Å². The van der Waals surface area contributed by atoms with Crippen LogP contribution >= 0.6 is 23.2 Å². The number of rotatable bonds is 2. The highest BCUT2D eigenvalue weighted by Crippen LogP contribution is 2.46. The summed E-state index contributed by atoms with van der Waals surface area (Å²) >= 11 is 11.9. The van der Waals surface area contributed by atoms with Crippen LogP contribution in [0.1, 0.15) is 50.7 Å². The summed E-state index contributed by atoms with van der Waals surface area (Å²) in [7, 11) is 0. The minimum absolute atomic E-state index is 0.0184. The summed E-state index contributed by atoms with van der Waals surface area (Å²) in [5, 5.41) is 11.6. The lowest BCUT2D eigenvalue weighted by Gasteiger charge is -2.38. The molecule has 17 heavy (non-hydrogen) atoms. The molecule has 1 N–H and O–H groups in total. The zero-order valence-electron chi connectivity index (χ0n) is 10.0. The van der Waals surface area contributed by atoms with Gasteiger partial charge in [-0.05, 0) is 36.0 Å². The molecule has 0 saturated heterocycles. The van der Waals surface area contributed by atoms with Gasteiger partial charge in [0.05, 0.1) is 16.1 Å². The van der Waals surface area contributed by atoms with Crippen molar-refractivity contribution < 1.29 is 5.11 Å². The van der Waals surface area contributed by atoms with E-state index in [0.717, 1.165) is 18.4 Å². The first-order chi connectivity index (χ1) is 8.03. The smallest absolute Gasteiger partial charge is 0.0844 e. The Morgan fingerprint density at radius 3 is 2.35 bits per heavy atom. The second kappa shape index (κ2) is 5.17. The molecule has 2 rings (SSSR count). The van der Waals surface area contributed by atoms with E-state index in [1.54, 1.807) is 12.1 Å². The van der Waals surface area contributed by atoms with Gasteiger partial charge in [0.1, 0.15) is 0 Å². The molecule has 1 aromatic rings. The van der Waals surface area contributed by atoms with Gasteiger partial charge in [0, 0.05) is 0 Å². The fourth-order valence-electron chi connectivity index (χ4n) is 2.72. The monoisotopic (exact) mass is 272 g/mol. The lowest BCUT2D eigenvalue weighted by Crippen LogP contribution is -2.28. The third-order valence-electron chi connectivity index (χ3n) is 3.92. The maximum atomic E-state index is 10.5. The maximum absolute atomic E-state index is 10.5. The van der Waals surface area contributed by atoms with Crippen LogP contribution in [0.3, 0.4) is 0 Å². The first-order valence-corrected chi connectivity index (χ1v) is 6.91. The highest BCUT2D eigenvalue weighted by atomic mass is 35.5. The average molecular weight is 273 g/mol. The number of benzene rings is 1. The Hall–Kier alpha value is -0.240. The second-order valence-electron chi connectivity index (χ2n) is 5.29. The van der Waals surface area contributed by atoms with Gasteiger partial charge in [-0.3, -0.25) is 0 Å². The van der Waals surface area contributed by atoms with Gasteiger partial charge in [0.25, 0.3) is 0 Å². The summed E-state index contributed by atoms with van der Waals surface area (Å²) < 4.78 is 0. The zero-order chi connectivity index (χ0) is 12.5. The van der Waals surface area contributed by atoms with Gasteiger partial charge in [0.15, 0.2) is 0 Å². The summed E-state index contributed by atoms with van der Waals surface area (Å²) in [5.74, 6) is 0. The second-order valence-corrected chi connectivity index (χ2v) is 6.11. The van der Waals surface area contributed by atoms with Gasteiger partial charge >= 0.3 is 0 Å². The van der Waals surface area contributed by atoms with Crippen molar-refractivity contribution in [2.24, 2.45) is 5.41 Å². The van der Waals surface area contributed by atoms with Crippen LogP contribution in [0.2, 0.25) is 10.0 Å². The molecule has 1 unspecified atom stereocenters. The van der Waals surface area contributed by atoms with Crippen molar-refractivity contribution >= 4 is 23.2 Å². The topological polar surface area (TPSA) is 20.2 Å². The van der Waals surface area contributed by atoms with Gasteiger partial charge in [-0.2, -0.15) is 0 Å². The fourth-order valence-corrected chi connectivity index (χ4v) is 3.02. The van der Waals surface area contributed by atoms with Gasteiger partial charge in [-0.25, -0.2) is 0 Å². The van der Waals surface area contributed by atoms with Crippen LogP contribution in [-0.4, -0.2) is 5.11 Å². The molecule has 94 valence electrons. The first kappa shape index (κ1) is 13.2. The number of halogens is 2. The van der Waals surface area contributed by atoms with Crippen LogP contribution in [0.4, 0.5) is 0 Å². The molecule has 1 aliphatic carbocycles. The Kier molecular flexibility index (Phi) is 4.02. The molecule has 1 atom stereocenters. The highest BCUT2D eigenvalue weighted by Gasteiger charge is 2.35. The summed E-state index contributed by atoms with van der Waals surface area (Å²) in [6.07, 6.45) is 5.40. The molecule has 0 bridgehead atoms. The Labute approximate surface area is 113 Å². The third kappa shape index (κ3) is 2.78. The van der Waals surface area contributed by atoms with Crippen molar-refractivity contribution in [1.82, 2.24) is 0 Å².